The van der Waals surface area contributed by atoms with Gasteiger partial charge in [0.05, 0.1) is 0 Å². The molecule has 2 aliphatic rings. The monoisotopic (exact) mass is 365 g/mol. The summed E-state index contributed by atoms with van der Waals surface area (Å²) in [5.41, 5.74) is 1.38. The van der Waals surface area contributed by atoms with Gasteiger partial charge in [-0.2, -0.15) is 18.2 Å². The second-order valence-electron chi connectivity index (χ2n) is 6.94. The van der Waals surface area contributed by atoms with Crippen molar-refractivity contribution in [3.8, 4) is 11.4 Å². The van der Waals surface area contributed by atoms with Crippen LogP contribution in [0, 0.1) is 5.92 Å². The van der Waals surface area contributed by atoms with Gasteiger partial charge < -0.3 is 9.42 Å². The molecule has 1 amide bonds. The summed E-state index contributed by atoms with van der Waals surface area (Å²) >= 11 is 0. The van der Waals surface area contributed by atoms with E-state index in [1.807, 2.05) is 4.90 Å². The Bertz CT molecular complexity index is 793. The summed E-state index contributed by atoms with van der Waals surface area (Å²) in [6.45, 7) is 0.528. The predicted octanol–water partition coefficient (Wildman–Crippen LogP) is 4.05. The van der Waals surface area contributed by atoms with Gasteiger partial charge in [0.1, 0.15) is 0 Å². The number of amides is 1. The molecule has 26 heavy (non-hydrogen) atoms. The number of aromatic nitrogens is 2. The van der Waals surface area contributed by atoms with E-state index in [1.54, 1.807) is 24.3 Å². The van der Waals surface area contributed by atoms with E-state index in [-0.39, 0.29) is 17.6 Å². The number of hydrogen-bond donors (Lipinski definition) is 0. The summed E-state index contributed by atoms with van der Waals surface area (Å²) in [7, 11) is 0. The van der Waals surface area contributed by atoms with Gasteiger partial charge in [-0.05, 0) is 31.2 Å². The number of nitrogens with zero attached hydrogens (tertiary/aromatic N) is 3. The highest BCUT2D eigenvalue weighted by atomic mass is 19.4. The average Bonchev–Trinajstić information content (AvgIpc) is 3.25. The summed E-state index contributed by atoms with van der Waals surface area (Å²) in [5.74, 6) is -1.07. The zero-order valence-electron chi connectivity index (χ0n) is 14.0. The number of alkyl halides is 3. The maximum atomic E-state index is 12.6. The molecule has 2 fully saturated rings. The van der Waals surface area contributed by atoms with Crippen molar-refractivity contribution in [1.29, 1.82) is 0 Å². The molecule has 0 radical (unpaired) electrons. The highest BCUT2D eigenvalue weighted by molar-refractivity contribution is 5.80. The van der Waals surface area contributed by atoms with E-state index in [1.165, 1.54) is 0 Å². The lowest BCUT2D eigenvalue weighted by atomic mass is 9.84. The minimum absolute atomic E-state index is 0.103. The zero-order chi connectivity index (χ0) is 18.3. The first kappa shape index (κ1) is 17.1. The van der Waals surface area contributed by atoms with E-state index in [2.05, 4.69) is 14.7 Å². The van der Waals surface area contributed by atoms with Crippen LogP contribution in [0.2, 0.25) is 0 Å². The van der Waals surface area contributed by atoms with E-state index in [9.17, 15) is 18.0 Å². The van der Waals surface area contributed by atoms with E-state index in [0.29, 0.717) is 18.2 Å². The van der Waals surface area contributed by atoms with Crippen LogP contribution in [0.4, 0.5) is 13.2 Å². The Labute approximate surface area is 148 Å². The van der Waals surface area contributed by atoms with E-state index < -0.39 is 12.1 Å². The van der Waals surface area contributed by atoms with Crippen molar-refractivity contribution in [2.24, 2.45) is 5.92 Å². The molecule has 2 aliphatic carbocycles. The maximum Gasteiger partial charge on any atom is 0.471 e. The van der Waals surface area contributed by atoms with Gasteiger partial charge in [0.2, 0.25) is 11.7 Å². The molecule has 1 heterocycles. The van der Waals surface area contributed by atoms with Gasteiger partial charge in [0, 0.05) is 24.1 Å². The Kier molecular flexibility index (Phi) is 4.20. The van der Waals surface area contributed by atoms with Crippen LogP contribution in [-0.2, 0) is 17.5 Å². The predicted molar refractivity (Wildman–Crippen MR) is 85.6 cm³/mol. The second kappa shape index (κ2) is 6.41. The highest BCUT2D eigenvalue weighted by Gasteiger charge is 2.39. The van der Waals surface area contributed by atoms with Gasteiger partial charge in [0.25, 0.3) is 0 Å². The van der Waals surface area contributed by atoms with Crippen molar-refractivity contribution in [3.63, 3.8) is 0 Å². The Morgan fingerprint density at radius 1 is 1.15 bits per heavy atom. The Morgan fingerprint density at radius 3 is 2.35 bits per heavy atom. The molecule has 0 unspecified atom stereocenters. The number of rotatable bonds is 5. The number of hydrogen-bond acceptors (Lipinski definition) is 4. The minimum atomic E-state index is -4.65. The lowest BCUT2D eigenvalue weighted by molar-refractivity contribution is -0.159. The highest BCUT2D eigenvalue weighted by Crippen LogP contribution is 2.35. The van der Waals surface area contributed by atoms with Crippen LogP contribution in [0.25, 0.3) is 11.4 Å². The van der Waals surface area contributed by atoms with Gasteiger partial charge in [-0.1, -0.05) is 35.8 Å². The molecule has 138 valence electrons. The van der Waals surface area contributed by atoms with Crippen molar-refractivity contribution in [1.82, 2.24) is 15.0 Å². The number of benzene rings is 1. The van der Waals surface area contributed by atoms with E-state index in [4.69, 9.17) is 0 Å². The molecule has 0 bridgehead atoms. The Balaban J connectivity index is 1.47. The molecule has 8 heteroatoms. The van der Waals surface area contributed by atoms with Gasteiger partial charge in [-0.15, -0.1) is 0 Å². The Morgan fingerprint density at radius 2 is 1.85 bits per heavy atom. The fourth-order valence-electron chi connectivity index (χ4n) is 3.07. The van der Waals surface area contributed by atoms with E-state index >= 15 is 0 Å². The molecule has 0 N–H and O–H groups in total. The van der Waals surface area contributed by atoms with Crippen molar-refractivity contribution < 1.29 is 22.5 Å². The second-order valence-corrected chi connectivity index (χ2v) is 6.94. The summed E-state index contributed by atoms with van der Waals surface area (Å²) in [6.07, 6.45) is 0.492. The van der Waals surface area contributed by atoms with Crippen molar-refractivity contribution in [2.45, 2.75) is 50.9 Å². The first-order valence-corrected chi connectivity index (χ1v) is 8.72. The molecule has 0 aliphatic heterocycles. The molecule has 0 atom stereocenters. The lowest BCUT2D eigenvalue weighted by Gasteiger charge is -2.32. The lowest BCUT2D eigenvalue weighted by Crippen LogP contribution is -2.39. The van der Waals surface area contributed by atoms with Crippen molar-refractivity contribution in [2.75, 3.05) is 0 Å². The average molecular weight is 365 g/mol. The third-order valence-corrected chi connectivity index (χ3v) is 4.96. The van der Waals surface area contributed by atoms with Gasteiger partial charge in [-0.3, -0.25) is 4.79 Å². The molecule has 0 saturated heterocycles. The first-order chi connectivity index (χ1) is 12.4. The number of carbonyl (C=O) groups excluding carboxylic acids is 1. The maximum absolute atomic E-state index is 12.6. The SMILES string of the molecule is O=C(C1CCC1)N(Cc1ccc(-c2noc(C(F)(F)F)n2)cc1)C1CC1. The summed E-state index contributed by atoms with van der Waals surface area (Å²) in [5, 5.41) is 3.38. The molecule has 1 aromatic heterocycles. The van der Waals surface area contributed by atoms with Gasteiger partial charge in [-0.25, -0.2) is 0 Å². The summed E-state index contributed by atoms with van der Waals surface area (Å²) < 4.78 is 41.9. The first-order valence-electron chi connectivity index (χ1n) is 8.72. The van der Waals surface area contributed by atoms with Crippen LogP contribution in [0.15, 0.2) is 28.8 Å². The molecular formula is C18H18F3N3O2. The van der Waals surface area contributed by atoms with Crippen LogP contribution in [0.5, 0.6) is 0 Å². The minimum Gasteiger partial charge on any atom is -0.335 e. The molecule has 4 rings (SSSR count). The van der Waals surface area contributed by atoms with Crippen molar-refractivity contribution >= 4 is 5.91 Å². The van der Waals surface area contributed by atoms with Crippen LogP contribution in [-0.4, -0.2) is 27.0 Å². The third-order valence-electron chi connectivity index (χ3n) is 4.96. The number of carbonyl (C=O) groups is 1. The Hall–Kier alpha value is -2.38. The third kappa shape index (κ3) is 3.45. The molecule has 5 nitrogen and oxygen atoms in total. The normalized spacial score (nSPS) is 17.8. The molecule has 2 saturated carbocycles. The molecule has 2 aromatic rings. The topological polar surface area (TPSA) is 59.2 Å². The number of halogens is 3. The quantitative estimate of drug-likeness (QED) is 0.802. The summed E-state index contributed by atoms with van der Waals surface area (Å²) in [4.78, 5) is 17.9. The van der Waals surface area contributed by atoms with Crippen LogP contribution in [0.1, 0.15) is 43.6 Å². The molecular weight excluding hydrogens is 347 g/mol. The van der Waals surface area contributed by atoms with Crippen molar-refractivity contribution in [3.05, 3.63) is 35.7 Å². The fourth-order valence-corrected chi connectivity index (χ4v) is 3.07. The van der Waals surface area contributed by atoms with Crippen LogP contribution in [0.3, 0.4) is 0 Å². The van der Waals surface area contributed by atoms with Gasteiger partial charge in [0.15, 0.2) is 0 Å². The molecule has 1 aromatic carbocycles. The zero-order valence-corrected chi connectivity index (χ0v) is 14.0. The van der Waals surface area contributed by atoms with Gasteiger partial charge >= 0.3 is 12.1 Å². The summed E-state index contributed by atoms with van der Waals surface area (Å²) in [6, 6.07) is 7.22. The molecule has 0 spiro atoms. The smallest absolute Gasteiger partial charge is 0.335 e. The standard InChI is InChI=1S/C18H18F3N3O2/c19-18(20,21)17-22-15(23-26-17)12-6-4-11(5-7-12)10-24(14-8-9-14)16(25)13-2-1-3-13/h4-7,13-14H,1-3,8-10H2. The van der Waals surface area contributed by atoms with Crippen LogP contribution < -0.4 is 0 Å². The van der Waals surface area contributed by atoms with Crippen LogP contribution >= 0.6 is 0 Å². The van der Waals surface area contributed by atoms with E-state index in [0.717, 1.165) is 37.7 Å². The largest absolute Gasteiger partial charge is 0.471 e. The fraction of sp³-hybridized carbons (Fsp3) is 0.500.